The number of halogens is 1. The second-order valence-corrected chi connectivity index (χ2v) is 6.67. The lowest BCUT2D eigenvalue weighted by atomic mass is 10.2. The molecule has 3 rings (SSSR count). The SMILES string of the molecule is CN=C(NCC1CC1)N1CCN(Cc2ccc(Cl)cc2)C(=O)C1. The maximum Gasteiger partial charge on any atom is 0.242 e. The predicted octanol–water partition coefficient (Wildman–Crippen LogP) is 1.97. The summed E-state index contributed by atoms with van der Waals surface area (Å²) in [5.74, 6) is 1.77. The number of nitrogens with one attached hydrogen (secondary N) is 1. The quantitative estimate of drug-likeness (QED) is 0.676. The molecule has 2 aliphatic rings. The molecule has 1 N–H and O–H groups in total. The molecule has 0 aromatic heterocycles. The van der Waals surface area contributed by atoms with Crippen molar-refractivity contribution in [1.29, 1.82) is 0 Å². The van der Waals surface area contributed by atoms with Crippen molar-refractivity contribution in [2.45, 2.75) is 19.4 Å². The van der Waals surface area contributed by atoms with E-state index in [0.717, 1.165) is 35.6 Å². The molecular formula is C17H23ClN4O. The van der Waals surface area contributed by atoms with Gasteiger partial charge in [-0.1, -0.05) is 23.7 Å². The summed E-state index contributed by atoms with van der Waals surface area (Å²) in [5, 5.41) is 4.10. The Morgan fingerprint density at radius 3 is 2.65 bits per heavy atom. The van der Waals surface area contributed by atoms with Crippen LogP contribution in [0.5, 0.6) is 0 Å². The lowest BCUT2D eigenvalue weighted by Crippen LogP contribution is -2.55. The molecule has 1 heterocycles. The lowest BCUT2D eigenvalue weighted by Gasteiger charge is -2.36. The van der Waals surface area contributed by atoms with Crippen molar-refractivity contribution in [3.05, 3.63) is 34.9 Å². The Morgan fingerprint density at radius 2 is 2.04 bits per heavy atom. The third kappa shape index (κ3) is 4.38. The molecule has 23 heavy (non-hydrogen) atoms. The number of hydrogen-bond acceptors (Lipinski definition) is 2. The van der Waals surface area contributed by atoms with Gasteiger partial charge in [0.1, 0.15) is 0 Å². The number of rotatable bonds is 4. The second-order valence-electron chi connectivity index (χ2n) is 6.23. The average Bonchev–Trinajstić information content (AvgIpc) is 3.37. The molecule has 1 saturated heterocycles. The molecule has 0 atom stereocenters. The fourth-order valence-electron chi connectivity index (χ4n) is 2.76. The molecule has 1 saturated carbocycles. The topological polar surface area (TPSA) is 47.9 Å². The van der Waals surface area contributed by atoms with Crippen molar-refractivity contribution < 1.29 is 4.79 Å². The van der Waals surface area contributed by atoms with E-state index in [1.54, 1.807) is 7.05 Å². The zero-order chi connectivity index (χ0) is 16.2. The first-order valence-electron chi connectivity index (χ1n) is 8.13. The lowest BCUT2D eigenvalue weighted by molar-refractivity contribution is -0.135. The summed E-state index contributed by atoms with van der Waals surface area (Å²) in [7, 11) is 1.78. The van der Waals surface area contributed by atoms with E-state index in [9.17, 15) is 4.79 Å². The van der Waals surface area contributed by atoms with Gasteiger partial charge in [-0.05, 0) is 36.5 Å². The summed E-state index contributed by atoms with van der Waals surface area (Å²) in [6.45, 7) is 3.51. The Hall–Kier alpha value is -1.75. The number of carbonyl (C=O) groups excluding carboxylic acids is 1. The Labute approximate surface area is 142 Å². The number of piperazine rings is 1. The molecule has 0 bridgehead atoms. The molecule has 2 fully saturated rings. The van der Waals surface area contributed by atoms with Crippen LogP contribution in [-0.2, 0) is 11.3 Å². The monoisotopic (exact) mass is 334 g/mol. The molecule has 5 nitrogen and oxygen atoms in total. The van der Waals surface area contributed by atoms with Crippen LogP contribution in [-0.4, -0.2) is 54.9 Å². The van der Waals surface area contributed by atoms with Gasteiger partial charge in [-0.25, -0.2) is 0 Å². The van der Waals surface area contributed by atoms with Crippen LogP contribution in [0.3, 0.4) is 0 Å². The highest BCUT2D eigenvalue weighted by atomic mass is 35.5. The van der Waals surface area contributed by atoms with Crippen molar-refractivity contribution in [3.8, 4) is 0 Å². The van der Waals surface area contributed by atoms with Crippen LogP contribution in [0.1, 0.15) is 18.4 Å². The summed E-state index contributed by atoms with van der Waals surface area (Å²) < 4.78 is 0. The number of benzene rings is 1. The molecule has 1 aliphatic carbocycles. The fraction of sp³-hybridized carbons (Fsp3) is 0.529. The van der Waals surface area contributed by atoms with E-state index in [4.69, 9.17) is 11.6 Å². The summed E-state index contributed by atoms with van der Waals surface area (Å²) in [4.78, 5) is 20.7. The second kappa shape index (κ2) is 7.21. The van der Waals surface area contributed by atoms with Gasteiger partial charge in [0.25, 0.3) is 0 Å². The van der Waals surface area contributed by atoms with Gasteiger partial charge in [0.05, 0.1) is 6.54 Å². The number of aliphatic imine (C=N–C) groups is 1. The zero-order valence-electron chi connectivity index (χ0n) is 13.5. The Kier molecular flexibility index (Phi) is 5.06. The van der Waals surface area contributed by atoms with Crippen LogP contribution in [0.4, 0.5) is 0 Å². The summed E-state index contributed by atoms with van der Waals surface area (Å²) in [5.41, 5.74) is 1.10. The number of carbonyl (C=O) groups is 1. The summed E-state index contributed by atoms with van der Waals surface area (Å²) in [6, 6.07) is 7.67. The van der Waals surface area contributed by atoms with Crippen LogP contribution >= 0.6 is 11.6 Å². The van der Waals surface area contributed by atoms with Gasteiger partial charge in [-0.15, -0.1) is 0 Å². The van der Waals surface area contributed by atoms with E-state index >= 15 is 0 Å². The molecule has 124 valence electrons. The molecule has 1 aliphatic heterocycles. The first kappa shape index (κ1) is 16.1. The van der Waals surface area contributed by atoms with Gasteiger partial charge in [-0.3, -0.25) is 9.79 Å². The highest BCUT2D eigenvalue weighted by molar-refractivity contribution is 6.30. The van der Waals surface area contributed by atoms with Crippen molar-refractivity contribution in [3.63, 3.8) is 0 Å². The van der Waals surface area contributed by atoms with Gasteiger partial charge in [0, 0.05) is 38.2 Å². The van der Waals surface area contributed by atoms with Gasteiger partial charge in [0.15, 0.2) is 5.96 Å². The van der Waals surface area contributed by atoms with Crippen molar-refractivity contribution in [1.82, 2.24) is 15.1 Å². The molecule has 1 aromatic carbocycles. The Morgan fingerprint density at radius 1 is 1.30 bits per heavy atom. The molecular weight excluding hydrogens is 312 g/mol. The maximum atomic E-state index is 12.4. The highest BCUT2D eigenvalue weighted by Crippen LogP contribution is 2.27. The molecule has 1 amide bonds. The largest absolute Gasteiger partial charge is 0.356 e. The highest BCUT2D eigenvalue weighted by Gasteiger charge is 2.27. The third-order valence-electron chi connectivity index (χ3n) is 4.36. The van der Waals surface area contributed by atoms with E-state index in [0.29, 0.717) is 19.6 Å². The minimum absolute atomic E-state index is 0.139. The van der Waals surface area contributed by atoms with Gasteiger partial charge < -0.3 is 15.1 Å². The molecule has 1 aromatic rings. The number of nitrogens with zero attached hydrogens (tertiary/aromatic N) is 3. The molecule has 6 heteroatoms. The van der Waals surface area contributed by atoms with E-state index in [-0.39, 0.29) is 5.91 Å². The minimum atomic E-state index is 0.139. The van der Waals surface area contributed by atoms with E-state index in [1.165, 1.54) is 12.8 Å². The fourth-order valence-corrected chi connectivity index (χ4v) is 2.88. The first-order valence-corrected chi connectivity index (χ1v) is 8.51. The summed E-state index contributed by atoms with van der Waals surface area (Å²) in [6.07, 6.45) is 2.61. The molecule has 0 spiro atoms. The third-order valence-corrected chi connectivity index (χ3v) is 4.61. The van der Waals surface area contributed by atoms with Crippen molar-refractivity contribution in [2.75, 3.05) is 33.2 Å². The Bertz CT molecular complexity index is 583. The van der Waals surface area contributed by atoms with Crippen molar-refractivity contribution >= 4 is 23.5 Å². The standard InChI is InChI=1S/C17H23ClN4O/c1-19-17(20-10-13-2-3-13)22-9-8-21(16(23)12-22)11-14-4-6-15(18)7-5-14/h4-7,13H,2-3,8-12H2,1H3,(H,19,20). The van der Waals surface area contributed by atoms with E-state index in [1.807, 2.05) is 34.1 Å². The van der Waals surface area contributed by atoms with Gasteiger partial charge >= 0.3 is 0 Å². The summed E-state index contributed by atoms with van der Waals surface area (Å²) >= 11 is 5.90. The van der Waals surface area contributed by atoms with Crippen LogP contribution in [0.2, 0.25) is 5.02 Å². The van der Waals surface area contributed by atoms with E-state index in [2.05, 4.69) is 10.3 Å². The normalized spacial score (nSPS) is 19.2. The minimum Gasteiger partial charge on any atom is -0.356 e. The van der Waals surface area contributed by atoms with Crippen LogP contribution < -0.4 is 5.32 Å². The molecule has 0 radical (unpaired) electrons. The number of hydrogen-bond donors (Lipinski definition) is 1. The van der Waals surface area contributed by atoms with Crippen molar-refractivity contribution in [2.24, 2.45) is 10.9 Å². The van der Waals surface area contributed by atoms with Crippen LogP contribution in [0, 0.1) is 5.92 Å². The van der Waals surface area contributed by atoms with E-state index < -0.39 is 0 Å². The first-order chi connectivity index (χ1) is 11.2. The Balaban J connectivity index is 1.53. The van der Waals surface area contributed by atoms with Gasteiger partial charge in [0.2, 0.25) is 5.91 Å². The maximum absolute atomic E-state index is 12.4. The van der Waals surface area contributed by atoms with Crippen LogP contribution in [0.25, 0.3) is 0 Å². The zero-order valence-corrected chi connectivity index (χ0v) is 14.2. The smallest absolute Gasteiger partial charge is 0.242 e. The average molecular weight is 335 g/mol. The molecule has 0 unspecified atom stereocenters. The number of amides is 1. The van der Waals surface area contributed by atoms with Gasteiger partial charge in [-0.2, -0.15) is 0 Å². The van der Waals surface area contributed by atoms with Crippen LogP contribution in [0.15, 0.2) is 29.3 Å². The predicted molar refractivity (Wildman–Crippen MR) is 92.5 cm³/mol. The number of guanidine groups is 1.